The van der Waals surface area contributed by atoms with Crippen LogP contribution in [0.25, 0.3) is 16.8 Å². The van der Waals surface area contributed by atoms with Gasteiger partial charge in [0.05, 0.1) is 12.8 Å². The first kappa shape index (κ1) is 25.8. The zero-order chi connectivity index (χ0) is 27.0. The lowest BCUT2D eigenvalue weighted by atomic mass is 10.0. The fourth-order valence-corrected chi connectivity index (χ4v) is 5.98. The monoisotopic (exact) mass is 555 g/mol. The molecule has 0 radical (unpaired) electrons. The normalized spacial score (nSPS) is 13.7. The molecule has 9 nitrogen and oxygen atoms in total. The molecule has 1 N–H and O–H groups in total. The number of aryl methyl sites for hydroxylation is 1. The largest absolute Gasteiger partial charge is 0.495 e. The van der Waals surface area contributed by atoms with Crippen molar-refractivity contribution in [2.75, 3.05) is 18.4 Å². The number of ether oxygens (including phenoxy) is 1. The minimum Gasteiger partial charge on any atom is -0.495 e. The molecule has 0 fully saturated rings. The van der Waals surface area contributed by atoms with E-state index < -0.39 is 16.0 Å². The Balaban J connectivity index is 1.54. The van der Waals surface area contributed by atoms with Crippen molar-refractivity contribution >= 4 is 27.6 Å². The highest BCUT2D eigenvalue weighted by Crippen LogP contribution is 2.35. The maximum atomic E-state index is 15.5. The van der Waals surface area contributed by atoms with E-state index in [2.05, 4.69) is 14.9 Å². The van der Waals surface area contributed by atoms with E-state index in [4.69, 9.17) is 16.3 Å². The molecule has 0 bridgehead atoms. The predicted octanol–water partition coefficient (Wildman–Crippen LogP) is 4.12. The number of pyridine rings is 1. The summed E-state index contributed by atoms with van der Waals surface area (Å²) in [6, 6.07) is 14.0. The van der Waals surface area contributed by atoms with Gasteiger partial charge in [-0.3, -0.25) is 14.1 Å². The summed E-state index contributed by atoms with van der Waals surface area (Å²) in [4.78, 5) is 13.0. The predicted molar refractivity (Wildman–Crippen MR) is 142 cm³/mol. The lowest BCUT2D eigenvalue weighted by Gasteiger charge is -2.30. The maximum Gasteiger partial charge on any atom is 0.303 e. The lowest BCUT2D eigenvalue weighted by Crippen LogP contribution is -2.41. The minimum atomic E-state index is -3.93. The van der Waals surface area contributed by atoms with Gasteiger partial charge in [-0.1, -0.05) is 23.7 Å². The van der Waals surface area contributed by atoms with Gasteiger partial charge in [0.2, 0.25) is 0 Å². The fourth-order valence-electron chi connectivity index (χ4n) is 4.55. The van der Waals surface area contributed by atoms with Crippen molar-refractivity contribution in [2.45, 2.75) is 19.9 Å². The van der Waals surface area contributed by atoms with Crippen molar-refractivity contribution < 1.29 is 17.5 Å². The van der Waals surface area contributed by atoms with Crippen LogP contribution >= 0.6 is 11.6 Å². The summed E-state index contributed by atoms with van der Waals surface area (Å²) in [5.41, 5.74) is 2.75. The van der Waals surface area contributed by atoms with Crippen molar-refractivity contribution in [1.29, 1.82) is 0 Å². The number of benzene rings is 2. The highest BCUT2D eigenvalue weighted by molar-refractivity contribution is 7.90. The molecule has 2 aromatic carbocycles. The molecule has 1 aliphatic heterocycles. The first-order chi connectivity index (χ1) is 18.2. The summed E-state index contributed by atoms with van der Waals surface area (Å²) in [6.45, 7) is 1.97. The number of hydrogen-bond acceptors (Lipinski definition) is 6. The van der Waals surface area contributed by atoms with Crippen LogP contribution in [-0.4, -0.2) is 41.1 Å². The van der Waals surface area contributed by atoms with Crippen molar-refractivity contribution in [1.82, 2.24) is 19.1 Å². The zero-order valence-electron chi connectivity index (χ0n) is 20.5. The fraction of sp³-hybridized carbons (Fsp3) is 0.192. The van der Waals surface area contributed by atoms with Crippen LogP contribution in [0.1, 0.15) is 16.8 Å². The summed E-state index contributed by atoms with van der Waals surface area (Å²) in [5, 5.41) is 7.92. The van der Waals surface area contributed by atoms with Gasteiger partial charge in [-0.15, -0.1) is 5.10 Å². The van der Waals surface area contributed by atoms with E-state index in [1.54, 1.807) is 24.3 Å². The second kappa shape index (κ2) is 10.2. The van der Waals surface area contributed by atoms with Gasteiger partial charge in [0.15, 0.2) is 5.82 Å². The van der Waals surface area contributed by atoms with E-state index in [-0.39, 0.29) is 47.9 Å². The van der Waals surface area contributed by atoms with E-state index in [9.17, 15) is 13.2 Å². The van der Waals surface area contributed by atoms with Crippen LogP contribution in [0, 0.1) is 12.7 Å². The van der Waals surface area contributed by atoms with Gasteiger partial charge in [-0.2, -0.15) is 17.8 Å². The third kappa shape index (κ3) is 5.00. The third-order valence-electron chi connectivity index (χ3n) is 6.24. The standard InChI is InChI=1S/C26H23ClFN5O4S/c1-16-10-18(12-19(27)11-16)20-13-24(37-2)23(14-21(20)28)33-22-7-9-32(15-17(22)5-6-26(33)34)38(35,36)31-25-4-3-8-29-30-25/h3-6,8,10-14H,7,9,15H2,1-2H3,(H,30,31). The Kier molecular flexibility index (Phi) is 6.91. The van der Waals surface area contributed by atoms with E-state index >= 15 is 4.39 Å². The van der Waals surface area contributed by atoms with Gasteiger partial charge in [-0.05, 0) is 53.9 Å². The van der Waals surface area contributed by atoms with Crippen LogP contribution in [-0.2, 0) is 23.2 Å². The Labute approximate surface area is 223 Å². The van der Waals surface area contributed by atoms with Crippen LogP contribution in [0.3, 0.4) is 0 Å². The van der Waals surface area contributed by atoms with Crippen molar-refractivity contribution in [2.24, 2.45) is 0 Å². The zero-order valence-corrected chi connectivity index (χ0v) is 22.1. The number of nitrogens with one attached hydrogen (secondary N) is 1. The van der Waals surface area contributed by atoms with Gasteiger partial charge in [0, 0.05) is 54.1 Å². The molecule has 38 heavy (non-hydrogen) atoms. The van der Waals surface area contributed by atoms with Gasteiger partial charge >= 0.3 is 10.2 Å². The van der Waals surface area contributed by atoms with Crippen molar-refractivity contribution in [3.63, 3.8) is 0 Å². The molecule has 0 amide bonds. The quantitative estimate of drug-likeness (QED) is 0.384. The molecule has 5 rings (SSSR count). The number of fused-ring (bicyclic) bond motifs is 1. The van der Waals surface area contributed by atoms with Gasteiger partial charge < -0.3 is 4.74 Å². The molecule has 1 aliphatic rings. The molecule has 2 aromatic heterocycles. The maximum absolute atomic E-state index is 15.5. The molecule has 4 aromatic rings. The summed E-state index contributed by atoms with van der Waals surface area (Å²) in [5.74, 6) is -0.174. The topological polar surface area (TPSA) is 106 Å². The SMILES string of the molecule is COc1cc(-c2cc(C)cc(Cl)c2)c(F)cc1-n1c2c(ccc1=O)CN(S(=O)(=O)Nc1cccnn1)CC2. The first-order valence-electron chi connectivity index (χ1n) is 11.6. The van der Waals surface area contributed by atoms with Crippen LogP contribution in [0.5, 0.6) is 5.75 Å². The molecule has 196 valence electrons. The van der Waals surface area contributed by atoms with Crippen LogP contribution in [0.4, 0.5) is 10.2 Å². The lowest BCUT2D eigenvalue weighted by molar-refractivity contribution is 0.385. The van der Waals surface area contributed by atoms with Crippen LogP contribution in [0.2, 0.25) is 5.02 Å². The van der Waals surface area contributed by atoms with Gasteiger partial charge in [-0.25, -0.2) is 4.39 Å². The smallest absolute Gasteiger partial charge is 0.303 e. The Bertz CT molecular complexity index is 1680. The summed E-state index contributed by atoms with van der Waals surface area (Å²) >= 11 is 6.19. The van der Waals surface area contributed by atoms with Gasteiger partial charge in [0.25, 0.3) is 5.56 Å². The number of anilines is 1. The average molecular weight is 556 g/mol. The Morgan fingerprint density at radius 1 is 1.13 bits per heavy atom. The number of hydrogen-bond donors (Lipinski definition) is 1. The molecule has 0 atom stereocenters. The van der Waals surface area contributed by atoms with Crippen molar-refractivity contribution in [3.05, 3.63) is 98.8 Å². The summed E-state index contributed by atoms with van der Waals surface area (Å²) < 4.78 is 52.0. The molecule has 0 spiro atoms. The Morgan fingerprint density at radius 2 is 1.95 bits per heavy atom. The summed E-state index contributed by atoms with van der Waals surface area (Å²) in [7, 11) is -2.49. The second-order valence-corrected chi connectivity index (χ2v) is 10.9. The van der Waals surface area contributed by atoms with Gasteiger partial charge in [0.1, 0.15) is 11.6 Å². The minimum absolute atomic E-state index is 0.00980. The summed E-state index contributed by atoms with van der Waals surface area (Å²) in [6.07, 6.45) is 1.65. The number of rotatable bonds is 6. The highest BCUT2D eigenvalue weighted by Gasteiger charge is 2.30. The number of nitrogens with zero attached hydrogens (tertiary/aromatic N) is 4. The van der Waals surface area contributed by atoms with E-state index in [1.807, 2.05) is 13.0 Å². The molecule has 0 saturated heterocycles. The molecule has 0 saturated carbocycles. The number of aromatic nitrogens is 3. The number of methoxy groups -OCH3 is 1. The third-order valence-corrected chi connectivity index (χ3v) is 7.92. The second-order valence-electron chi connectivity index (χ2n) is 8.80. The van der Waals surface area contributed by atoms with E-state index in [0.717, 1.165) is 5.56 Å². The first-order valence-corrected chi connectivity index (χ1v) is 13.4. The van der Waals surface area contributed by atoms with E-state index in [0.29, 0.717) is 21.8 Å². The average Bonchev–Trinajstić information content (AvgIpc) is 2.88. The van der Waals surface area contributed by atoms with E-state index in [1.165, 1.54) is 46.4 Å². The van der Waals surface area contributed by atoms with Crippen molar-refractivity contribution in [3.8, 4) is 22.6 Å². The molecule has 12 heteroatoms. The van der Waals surface area contributed by atoms with Crippen LogP contribution in [0.15, 0.2) is 65.6 Å². The number of halogens is 2. The van der Waals surface area contributed by atoms with Crippen LogP contribution < -0.4 is 15.0 Å². The molecular formula is C26H23ClFN5O4S. The Morgan fingerprint density at radius 3 is 2.66 bits per heavy atom. The highest BCUT2D eigenvalue weighted by atomic mass is 35.5. The molecule has 0 aliphatic carbocycles. The Hall–Kier alpha value is -3.80. The molecule has 3 heterocycles. The molecular weight excluding hydrogens is 533 g/mol. The molecule has 0 unspecified atom stereocenters.